The van der Waals surface area contributed by atoms with Gasteiger partial charge >= 0.3 is 0 Å². The van der Waals surface area contributed by atoms with Gasteiger partial charge in [0.1, 0.15) is 11.6 Å². The summed E-state index contributed by atoms with van der Waals surface area (Å²) in [6, 6.07) is 14.4. The molecule has 1 fully saturated rings. The van der Waals surface area contributed by atoms with E-state index in [1.807, 2.05) is 35.2 Å². The van der Waals surface area contributed by atoms with Crippen molar-refractivity contribution in [3.63, 3.8) is 0 Å². The van der Waals surface area contributed by atoms with Gasteiger partial charge in [0.05, 0.1) is 7.11 Å². The molecule has 0 bridgehead atoms. The third-order valence-electron chi connectivity index (χ3n) is 4.39. The van der Waals surface area contributed by atoms with Gasteiger partial charge in [-0.25, -0.2) is 4.39 Å². The van der Waals surface area contributed by atoms with Crippen molar-refractivity contribution in [3.8, 4) is 5.75 Å². The first kappa shape index (κ1) is 15.5. The fourth-order valence-electron chi connectivity index (χ4n) is 3.12. The van der Waals surface area contributed by atoms with Crippen LogP contribution in [0, 0.1) is 11.7 Å². The van der Waals surface area contributed by atoms with Crippen LogP contribution in [0.5, 0.6) is 5.75 Å². The Bertz CT molecular complexity index is 701. The number of amides is 1. The van der Waals surface area contributed by atoms with E-state index in [-0.39, 0.29) is 17.6 Å². The molecule has 1 aliphatic heterocycles. The molecule has 1 heterocycles. The summed E-state index contributed by atoms with van der Waals surface area (Å²) in [5.74, 6) is 0.516. The van der Waals surface area contributed by atoms with Gasteiger partial charge in [0.2, 0.25) is 5.91 Å². The van der Waals surface area contributed by atoms with Crippen molar-refractivity contribution in [1.29, 1.82) is 0 Å². The number of methoxy groups -OCH3 is 1. The lowest BCUT2D eigenvalue weighted by atomic mass is 9.98. The third-order valence-corrected chi connectivity index (χ3v) is 4.39. The van der Waals surface area contributed by atoms with Crippen LogP contribution in [0.3, 0.4) is 0 Å². The van der Waals surface area contributed by atoms with Gasteiger partial charge in [0.15, 0.2) is 0 Å². The maximum Gasteiger partial charge on any atom is 0.226 e. The van der Waals surface area contributed by atoms with Crippen LogP contribution in [0.15, 0.2) is 48.5 Å². The van der Waals surface area contributed by atoms with Gasteiger partial charge in [-0.05, 0) is 30.5 Å². The Morgan fingerprint density at radius 1 is 1.13 bits per heavy atom. The SMILES string of the molecule is COc1ccccc1CN1CCC(Cc2ccccc2F)C1=O. The number of carbonyl (C=O) groups is 1. The Hall–Kier alpha value is -2.36. The zero-order valence-electron chi connectivity index (χ0n) is 13.2. The molecule has 1 unspecified atom stereocenters. The summed E-state index contributed by atoms with van der Waals surface area (Å²) >= 11 is 0. The third kappa shape index (κ3) is 3.36. The Morgan fingerprint density at radius 3 is 2.57 bits per heavy atom. The van der Waals surface area contributed by atoms with E-state index < -0.39 is 0 Å². The summed E-state index contributed by atoms with van der Waals surface area (Å²) < 4.78 is 19.1. The van der Waals surface area contributed by atoms with E-state index in [9.17, 15) is 9.18 Å². The number of nitrogens with zero attached hydrogens (tertiary/aromatic N) is 1. The van der Waals surface area contributed by atoms with Crippen LogP contribution in [0.2, 0.25) is 0 Å². The van der Waals surface area contributed by atoms with E-state index in [0.29, 0.717) is 25.1 Å². The normalized spacial score (nSPS) is 17.6. The molecule has 0 radical (unpaired) electrons. The van der Waals surface area contributed by atoms with E-state index >= 15 is 0 Å². The van der Waals surface area contributed by atoms with Crippen molar-refractivity contribution in [3.05, 3.63) is 65.5 Å². The van der Waals surface area contributed by atoms with E-state index in [0.717, 1.165) is 17.7 Å². The van der Waals surface area contributed by atoms with E-state index in [1.54, 1.807) is 19.2 Å². The molecule has 0 aliphatic carbocycles. The lowest BCUT2D eigenvalue weighted by Crippen LogP contribution is -2.27. The Kier molecular flexibility index (Phi) is 4.60. The minimum absolute atomic E-state index is 0.0964. The van der Waals surface area contributed by atoms with Gasteiger partial charge in [0.25, 0.3) is 0 Å². The molecule has 2 aromatic carbocycles. The van der Waals surface area contributed by atoms with Gasteiger partial charge in [0, 0.05) is 24.6 Å². The van der Waals surface area contributed by atoms with Gasteiger partial charge < -0.3 is 9.64 Å². The second-order valence-electron chi connectivity index (χ2n) is 5.85. The number of ether oxygens (including phenoxy) is 1. The number of rotatable bonds is 5. The molecule has 23 heavy (non-hydrogen) atoms. The molecule has 0 aromatic heterocycles. The second kappa shape index (κ2) is 6.82. The molecule has 1 saturated heterocycles. The van der Waals surface area contributed by atoms with Gasteiger partial charge in [-0.1, -0.05) is 36.4 Å². The fourth-order valence-corrected chi connectivity index (χ4v) is 3.12. The highest BCUT2D eigenvalue weighted by Gasteiger charge is 2.32. The average molecular weight is 313 g/mol. The molecule has 1 amide bonds. The Balaban J connectivity index is 1.68. The highest BCUT2D eigenvalue weighted by Crippen LogP contribution is 2.27. The number of benzene rings is 2. The Morgan fingerprint density at radius 2 is 1.83 bits per heavy atom. The fraction of sp³-hybridized carbons (Fsp3) is 0.316. The molecule has 1 atom stereocenters. The summed E-state index contributed by atoms with van der Waals surface area (Å²) in [6.07, 6.45) is 1.23. The quantitative estimate of drug-likeness (QED) is 0.846. The predicted molar refractivity (Wildman–Crippen MR) is 86.6 cm³/mol. The van der Waals surface area contributed by atoms with Gasteiger partial charge in [-0.3, -0.25) is 4.79 Å². The number of carbonyl (C=O) groups excluding carboxylic acids is 1. The lowest BCUT2D eigenvalue weighted by Gasteiger charge is -2.18. The largest absolute Gasteiger partial charge is 0.496 e. The van der Waals surface area contributed by atoms with Crippen LogP contribution in [0.1, 0.15) is 17.5 Å². The van der Waals surface area contributed by atoms with Crippen LogP contribution < -0.4 is 4.74 Å². The first-order valence-electron chi connectivity index (χ1n) is 7.83. The van der Waals surface area contributed by atoms with Crippen molar-refractivity contribution in [1.82, 2.24) is 4.90 Å². The smallest absolute Gasteiger partial charge is 0.226 e. The van der Waals surface area contributed by atoms with Crippen LogP contribution in [0.25, 0.3) is 0 Å². The molecule has 0 spiro atoms. The monoisotopic (exact) mass is 313 g/mol. The van der Waals surface area contributed by atoms with Crippen LogP contribution >= 0.6 is 0 Å². The molecule has 0 N–H and O–H groups in total. The summed E-state index contributed by atoms with van der Waals surface area (Å²) in [4.78, 5) is 14.4. The lowest BCUT2D eigenvalue weighted by molar-refractivity contribution is -0.131. The van der Waals surface area contributed by atoms with Crippen molar-refractivity contribution >= 4 is 5.91 Å². The molecule has 0 saturated carbocycles. The number of likely N-dealkylation sites (tertiary alicyclic amines) is 1. The van der Waals surface area contributed by atoms with Crippen molar-refractivity contribution in [2.75, 3.05) is 13.7 Å². The number of para-hydroxylation sites is 1. The minimum Gasteiger partial charge on any atom is -0.496 e. The molecule has 4 heteroatoms. The van der Waals surface area contributed by atoms with Gasteiger partial charge in [-0.15, -0.1) is 0 Å². The van der Waals surface area contributed by atoms with Crippen LogP contribution in [-0.2, 0) is 17.8 Å². The summed E-state index contributed by atoms with van der Waals surface area (Å²) in [7, 11) is 1.63. The zero-order valence-corrected chi connectivity index (χ0v) is 13.2. The first-order chi connectivity index (χ1) is 11.2. The average Bonchev–Trinajstić information content (AvgIpc) is 2.91. The van der Waals surface area contributed by atoms with Crippen molar-refractivity contribution in [2.24, 2.45) is 5.92 Å². The van der Waals surface area contributed by atoms with Crippen LogP contribution in [-0.4, -0.2) is 24.5 Å². The molecular weight excluding hydrogens is 293 g/mol. The summed E-state index contributed by atoms with van der Waals surface area (Å²) in [6.45, 7) is 1.24. The standard InChI is InChI=1S/C19H20FNO2/c1-23-18-9-5-3-7-16(18)13-21-11-10-15(19(21)22)12-14-6-2-4-8-17(14)20/h2-9,15H,10-13H2,1H3. The van der Waals surface area contributed by atoms with Crippen molar-refractivity contribution in [2.45, 2.75) is 19.4 Å². The minimum atomic E-state index is -0.233. The van der Waals surface area contributed by atoms with Crippen molar-refractivity contribution < 1.29 is 13.9 Å². The summed E-state index contributed by atoms with van der Waals surface area (Å²) in [5.41, 5.74) is 1.61. The highest BCUT2D eigenvalue weighted by molar-refractivity contribution is 5.81. The second-order valence-corrected chi connectivity index (χ2v) is 5.85. The zero-order chi connectivity index (χ0) is 16.2. The van der Waals surface area contributed by atoms with E-state index in [1.165, 1.54) is 6.07 Å². The van der Waals surface area contributed by atoms with E-state index in [4.69, 9.17) is 4.74 Å². The number of hydrogen-bond acceptors (Lipinski definition) is 2. The molecule has 120 valence electrons. The number of hydrogen-bond donors (Lipinski definition) is 0. The molecule has 3 rings (SSSR count). The van der Waals surface area contributed by atoms with Crippen LogP contribution in [0.4, 0.5) is 4.39 Å². The van der Waals surface area contributed by atoms with Gasteiger partial charge in [-0.2, -0.15) is 0 Å². The topological polar surface area (TPSA) is 29.5 Å². The highest BCUT2D eigenvalue weighted by atomic mass is 19.1. The molecule has 3 nitrogen and oxygen atoms in total. The molecule has 1 aliphatic rings. The predicted octanol–water partition coefficient (Wildman–Crippen LogP) is 3.43. The Labute approximate surface area is 135 Å². The van der Waals surface area contributed by atoms with E-state index in [2.05, 4.69) is 0 Å². The maximum atomic E-state index is 13.8. The first-order valence-corrected chi connectivity index (χ1v) is 7.83. The summed E-state index contributed by atoms with van der Waals surface area (Å²) in [5, 5.41) is 0. The molecule has 2 aromatic rings. The maximum absolute atomic E-state index is 13.8. The molecular formula is C19H20FNO2. The number of halogens is 1.